The number of ether oxygens (including phenoxy) is 1. The molecule has 1 aliphatic heterocycles. The van der Waals surface area contributed by atoms with E-state index < -0.39 is 23.2 Å². The molecule has 1 aromatic heterocycles. The Morgan fingerprint density at radius 3 is 2.56 bits per heavy atom. The number of hydrogen-bond donors (Lipinski definition) is 3. The van der Waals surface area contributed by atoms with Gasteiger partial charge >= 0.3 is 6.18 Å². The van der Waals surface area contributed by atoms with Crippen LogP contribution in [0.1, 0.15) is 60.6 Å². The smallest absolute Gasteiger partial charge is 0.384 e. The number of carbonyl (C=O) groups is 2. The van der Waals surface area contributed by atoms with Crippen molar-refractivity contribution in [2.45, 2.75) is 75.0 Å². The van der Waals surface area contributed by atoms with Gasteiger partial charge in [-0.05, 0) is 69.4 Å². The molecule has 3 N–H and O–H groups in total. The first-order valence-corrected chi connectivity index (χ1v) is 13.2. The SMILES string of the molecule is COC(C)[C@@H]1C[C@H](NC2CCC(O)(c3ccccn3)CC2)CN1C(=O)CNC(=O)c1cccc(C(F)(F)F)c1. The standard InChI is InChI=1S/C28H35F3N4O4/c1-18(39-2)23-15-22(34-21-9-11-27(38,12-10-21)24-8-3-4-13-32-24)17-35(23)25(36)16-33-26(37)19-6-5-7-20(14-19)28(29,30)31/h3-8,13-14,18,21-23,34,38H,9-12,15-17H2,1-2H3,(H,33,37)/t18?,21?,22-,23-,27?/m0/s1. The van der Waals surface area contributed by atoms with Gasteiger partial charge in [-0.2, -0.15) is 13.2 Å². The molecule has 0 radical (unpaired) electrons. The maximum Gasteiger partial charge on any atom is 0.416 e. The van der Waals surface area contributed by atoms with Crippen molar-refractivity contribution in [1.29, 1.82) is 0 Å². The molecular weight excluding hydrogens is 513 g/mol. The van der Waals surface area contributed by atoms with Crippen LogP contribution in [-0.4, -0.2) is 71.2 Å². The highest BCUT2D eigenvalue weighted by molar-refractivity contribution is 5.96. The number of amides is 2. The molecule has 2 heterocycles. The van der Waals surface area contributed by atoms with Crippen LogP contribution in [-0.2, 0) is 21.3 Å². The highest BCUT2D eigenvalue weighted by Crippen LogP contribution is 2.36. The number of likely N-dealkylation sites (tertiary alicyclic amines) is 1. The monoisotopic (exact) mass is 548 g/mol. The summed E-state index contributed by atoms with van der Waals surface area (Å²) in [5.41, 5.74) is -1.35. The van der Waals surface area contributed by atoms with Crippen LogP contribution in [0.25, 0.3) is 0 Å². The lowest BCUT2D eigenvalue weighted by Gasteiger charge is -2.37. The number of benzene rings is 1. The Morgan fingerprint density at radius 2 is 1.92 bits per heavy atom. The van der Waals surface area contributed by atoms with Crippen molar-refractivity contribution in [1.82, 2.24) is 20.5 Å². The molecular formula is C28H35F3N4O4. The number of carbonyl (C=O) groups excluding carboxylic acids is 2. The van der Waals surface area contributed by atoms with Crippen LogP contribution < -0.4 is 10.6 Å². The van der Waals surface area contributed by atoms with Gasteiger partial charge in [0.15, 0.2) is 0 Å². The number of hydrogen-bond acceptors (Lipinski definition) is 6. The summed E-state index contributed by atoms with van der Waals surface area (Å²) in [6.07, 6.45) is 0.199. The van der Waals surface area contributed by atoms with Crippen LogP contribution in [0.15, 0.2) is 48.7 Å². The van der Waals surface area contributed by atoms with Gasteiger partial charge in [-0.25, -0.2) is 0 Å². The summed E-state index contributed by atoms with van der Waals surface area (Å²) in [7, 11) is 1.57. The molecule has 2 amide bonds. The molecule has 2 fully saturated rings. The molecule has 1 saturated heterocycles. The average Bonchev–Trinajstić information content (AvgIpc) is 3.36. The molecule has 11 heteroatoms. The van der Waals surface area contributed by atoms with E-state index in [2.05, 4.69) is 15.6 Å². The second-order valence-corrected chi connectivity index (χ2v) is 10.4. The van der Waals surface area contributed by atoms with Crippen LogP contribution in [0.3, 0.4) is 0 Å². The van der Waals surface area contributed by atoms with E-state index in [-0.39, 0.29) is 42.2 Å². The number of pyridine rings is 1. The maximum atomic E-state index is 13.1. The lowest BCUT2D eigenvalue weighted by molar-refractivity contribution is -0.137. The Kier molecular flexibility index (Phi) is 8.93. The van der Waals surface area contributed by atoms with Crippen LogP contribution in [0.4, 0.5) is 13.2 Å². The molecule has 39 heavy (non-hydrogen) atoms. The Hall–Kier alpha value is -3.02. The van der Waals surface area contributed by atoms with E-state index >= 15 is 0 Å². The van der Waals surface area contributed by atoms with Crippen molar-refractivity contribution >= 4 is 11.8 Å². The number of rotatable bonds is 8. The van der Waals surface area contributed by atoms with Gasteiger partial charge in [-0.3, -0.25) is 14.6 Å². The molecule has 212 valence electrons. The second kappa shape index (κ2) is 12.0. The summed E-state index contributed by atoms with van der Waals surface area (Å²) in [4.78, 5) is 31.6. The first-order valence-electron chi connectivity index (χ1n) is 13.2. The summed E-state index contributed by atoms with van der Waals surface area (Å²) >= 11 is 0. The predicted molar refractivity (Wildman–Crippen MR) is 138 cm³/mol. The third-order valence-electron chi connectivity index (χ3n) is 7.86. The number of aliphatic hydroxyl groups is 1. The minimum absolute atomic E-state index is 0.00163. The van der Waals surface area contributed by atoms with Crippen molar-refractivity contribution in [2.24, 2.45) is 0 Å². The first kappa shape index (κ1) is 29.0. The minimum atomic E-state index is -4.57. The Morgan fingerprint density at radius 1 is 1.18 bits per heavy atom. The summed E-state index contributed by atoms with van der Waals surface area (Å²) in [6.45, 7) is 1.95. The average molecular weight is 549 g/mol. The fraction of sp³-hybridized carbons (Fsp3) is 0.536. The summed E-state index contributed by atoms with van der Waals surface area (Å²) in [5.74, 6) is -1.08. The zero-order valence-electron chi connectivity index (χ0n) is 22.1. The van der Waals surface area contributed by atoms with Gasteiger partial charge in [0.25, 0.3) is 5.91 Å². The maximum absolute atomic E-state index is 13.1. The van der Waals surface area contributed by atoms with E-state index in [0.29, 0.717) is 31.5 Å². The van der Waals surface area contributed by atoms with Gasteiger partial charge in [-0.15, -0.1) is 0 Å². The number of aromatic nitrogens is 1. The molecule has 2 aromatic rings. The van der Waals surface area contributed by atoms with Gasteiger partial charge < -0.3 is 25.4 Å². The fourth-order valence-corrected chi connectivity index (χ4v) is 5.56. The number of halogens is 3. The van der Waals surface area contributed by atoms with Crippen LogP contribution in [0.2, 0.25) is 0 Å². The topological polar surface area (TPSA) is 104 Å². The third-order valence-corrected chi connectivity index (χ3v) is 7.86. The highest BCUT2D eigenvalue weighted by Gasteiger charge is 2.41. The molecule has 1 saturated carbocycles. The molecule has 8 nitrogen and oxygen atoms in total. The van der Waals surface area contributed by atoms with Gasteiger partial charge in [0.2, 0.25) is 5.91 Å². The molecule has 3 atom stereocenters. The van der Waals surface area contributed by atoms with E-state index in [1.807, 2.05) is 25.1 Å². The van der Waals surface area contributed by atoms with Gasteiger partial charge in [-0.1, -0.05) is 12.1 Å². The van der Waals surface area contributed by atoms with Crippen molar-refractivity contribution < 1.29 is 32.6 Å². The zero-order valence-corrected chi connectivity index (χ0v) is 22.1. The van der Waals surface area contributed by atoms with Crippen molar-refractivity contribution in [3.8, 4) is 0 Å². The molecule has 0 bridgehead atoms. The van der Waals surface area contributed by atoms with E-state index in [0.717, 1.165) is 31.0 Å². The van der Waals surface area contributed by atoms with Gasteiger partial charge in [0.05, 0.1) is 29.9 Å². The zero-order chi connectivity index (χ0) is 28.2. The molecule has 1 unspecified atom stereocenters. The molecule has 2 aliphatic rings. The summed E-state index contributed by atoms with van der Waals surface area (Å²) in [5, 5.41) is 17.2. The van der Waals surface area contributed by atoms with Gasteiger partial charge in [0, 0.05) is 37.5 Å². The van der Waals surface area contributed by atoms with Crippen molar-refractivity contribution in [2.75, 3.05) is 20.2 Å². The number of methoxy groups -OCH3 is 1. The van der Waals surface area contributed by atoms with E-state index in [1.54, 1.807) is 18.2 Å². The second-order valence-electron chi connectivity index (χ2n) is 10.4. The lowest BCUT2D eigenvalue weighted by Crippen LogP contribution is -2.47. The largest absolute Gasteiger partial charge is 0.416 e. The number of nitrogens with one attached hydrogen (secondary N) is 2. The molecule has 0 spiro atoms. The summed E-state index contributed by atoms with van der Waals surface area (Å²) < 4.78 is 44.5. The minimum Gasteiger partial charge on any atom is -0.384 e. The Labute approximate surface area is 225 Å². The molecule has 1 aliphatic carbocycles. The molecule has 1 aromatic carbocycles. The van der Waals surface area contributed by atoms with E-state index in [9.17, 15) is 27.9 Å². The highest BCUT2D eigenvalue weighted by atomic mass is 19.4. The lowest BCUT2D eigenvalue weighted by atomic mass is 9.79. The van der Waals surface area contributed by atoms with E-state index in [4.69, 9.17) is 4.74 Å². The Balaban J connectivity index is 1.33. The third kappa shape index (κ3) is 6.95. The van der Waals surface area contributed by atoms with Crippen LogP contribution in [0.5, 0.6) is 0 Å². The molecule has 4 rings (SSSR count). The number of alkyl halides is 3. The van der Waals surface area contributed by atoms with Crippen molar-refractivity contribution in [3.63, 3.8) is 0 Å². The van der Waals surface area contributed by atoms with Gasteiger partial charge in [0.1, 0.15) is 5.60 Å². The Bertz CT molecular complexity index is 1140. The quantitative estimate of drug-likeness (QED) is 0.468. The summed E-state index contributed by atoms with van der Waals surface area (Å²) in [6, 6.07) is 9.58. The normalized spacial score (nSPS) is 26.3. The fourth-order valence-electron chi connectivity index (χ4n) is 5.56. The number of nitrogens with zero attached hydrogens (tertiary/aromatic N) is 2. The van der Waals surface area contributed by atoms with Crippen LogP contribution >= 0.6 is 0 Å². The first-order chi connectivity index (χ1) is 18.5. The predicted octanol–water partition coefficient (Wildman–Crippen LogP) is 3.25. The van der Waals surface area contributed by atoms with Crippen molar-refractivity contribution in [3.05, 3.63) is 65.5 Å². The van der Waals surface area contributed by atoms with E-state index in [1.165, 1.54) is 6.07 Å². The van der Waals surface area contributed by atoms with Crippen LogP contribution in [0, 0.1) is 0 Å².